The van der Waals surface area contributed by atoms with Crippen LogP contribution in [0, 0.1) is 0 Å². The van der Waals surface area contributed by atoms with Crippen LogP contribution in [-0.2, 0) is 10.0 Å². The second-order valence-electron chi connectivity index (χ2n) is 5.99. The molecule has 0 amide bonds. The third kappa shape index (κ3) is 2.71. The molecule has 1 N–H and O–H groups in total. The monoisotopic (exact) mass is 376 g/mol. The lowest BCUT2D eigenvalue weighted by atomic mass is 10.0. The Kier molecular flexibility index (Phi) is 4.05. The molecule has 0 saturated heterocycles. The number of rotatable bonds is 4. The molecule has 4 rings (SSSR count). The van der Waals surface area contributed by atoms with E-state index in [-0.39, 0.29) is 10.6 Å². The van der Waals surface area contributed by atoms with Gasteiger partial charge in [-0.3, -0.25) is 4.98 Å². The van der Waals surface area contributed by atoms with Crippen molar-refractivity contribution in [2.24, 2.45) is 0 Å². The van der Waals surface area contributed by atoms with Crippen LogP contribution in [0.5, 0.6) is 5.75 Å². The summed E-state index contributed by atoms with van der Waals surface area (Å²) in [7, 11) is -3.85. The maximum absolute atomic E-state index is 13.4. The quantitative estimate of drug-likeness (QED) is 0.577. The van der Waals surface area contributed by atoms with Crippen molar-refractivity contribution >= 4 is 27.0 Å². The molecule has 4 aromatic rings. The van der Waals surface area contributed by atoms with E-state index in [4.69, 9.17) is 0 Å². The van der Waals surface area contributed by atoms with Crippen LogP contribution in [0.4, 0.5) is 0 Å². The van der Waals surface area contributed by atoms with Gasteiger partial charge in [0.15, 0.2) is 0 Å². The first-order valence-electron chi connectivity index (χ1n) is 8.25. The molecule has 0 unspecified atom stereocenters. The first-order chi connectivity index (χ1) is 13.0. The van der Waals surface area contributed by atoms with E-state index in [1.165, 1.54) is 16.2 Å². The standard InChI is InChI=1S/C21H16N2O3S/c1-2-19-21(15-8-10-16(24)11-9-15)18-12-13-22-14-20(18)23(19)27(25,26)17-6-4-3-5-7-17/h2-14,24H,1H2. The van der Waals surface area contributed by atoms with Crippen molar-refractivity contribution in [3.8, 4) is 16.9 Å². The first-order valence-corrected chi connectivity index (χ1v) is 9.69. The molecular formula is C21H16N2O3S. The Balaban J connectivity index is 2.11. The van der Waals surface area contributed by atoms with E-state index in [2.05, 4.69) is 11.6 Å². The number of phenolic OH excluding ortho intramolecular Hbond substituents is 1. The van der Waals surface area contributed by atoms with Gasteiger partial charge in [-0.05, 0) is 42.0 Å². The van der Waals surface area contributed by atoms with Crippen LogP contribution in [0.15, 0.2) is 84.5 Å². The van der Waals surface area contributed by atoms with Crippen molar-refractivity contribution in [3.63, 3.8) is 0 Å². The summed E-state index contributed by atoms with van der Waals surface area (Å²) >= 11 is 0. The minimum Gasteiger partial charge on any atom is -0.508 e. The second-order valence-corrected chi connectivity index (χ2v) is 7.77. The Morgan fingerprint density at radius 1 is 1.00 bits per heavy atom. The van der Waals surface area contributed by atoms with E-state index in [1.54, 1.807) is 66.9 Å². The van der Waals surface area contributed by atoms with Crippen LogP contribution in [0.2, 0.25) is 0 Å². The third-order valence-corrected chi connectivity index (χ3v) is 6.14. The Morgan fingerprint density at radius 2 is 1.70 bits per heavy atom. The van der Waals surface area contributed by atoms with Gasteiger partial charge in [-0.2, -0.15) is 0 Å². The van der Waals surface area contributed by atoms with Crippen molar-refractivity contribution in [2.75, 3.05) is 0 Å². The summed E-state index contributed by atoms with van der Waals surface area (Å²) in [6.45, 7) is 3.84. The summed E-state index contributed by atoms with van der Waals surface area (Å²) in [5, 5.41) is 10.3. The molecule has 0 aliphatic carbocycles. The number of aromatic hydroxyl groups is 1. The molecule has 2 aromatic heterocycles. The largest absolute Gasteiger partial charge is 0.508 e. The summed E-state index contributed by atoms with van der Waals surface area (Å²) in [5.41, 5.74) is 2.43. The molecule has 0 atom stereocenters. The van der Waals surface area contributed by atoms with Crippen LogP contribution in [0.1, 0.15) is 5.69 Å². The zero-order valence-corrected chi connectivity index (χ0v) is 15.1. The van der Waals surface area contributed by atoms with Crippen molar-refractivity contribution in [1.29, 1.82) is 0 Å². The number of hydrogen-bond donors (Lipinski definition) is 1. The van der Waals surface area contributed by atoms with E-state index >= 15 is 0 Å². The van der Waals surface area contributed by atoms with Gasteiger partial charge in [0, 0.05) is 17.1 Å². The molecule has 0 radical (unpaired) electrons. The fourth-order valence-electron chi connectivity index (χ4n) is 3.20. The Hall–Kier alpha value is -3.38. The number of fused-ring (bicyclic) bond motifs is 1. The van der Waals surface area contributed by atoms with Crippen LogP contribution >= 0.6 is 0 Å². The molecule has 0 aliphatic heterocycles. The van der Waals surface area contributed by atoms with Gasteiger partial charge in [0.1, 0.15) is 5.75 Å². The normalized spacial score (nSPS) is 11.6. The van der Waals surface area contributed by atoms with Gasteiger partial charge >= 0.3 is 0 Å². The SMILES string of the molecule is C=Cc1c(-c2ccc(O)cc2)c2ccncc2n1S(=O)(=O)c1ccccc1. The summed E-state index contributed by atoms with van der Waals surface area (Å²) in [5.74, 6) is 0.140. The maximum atomic E-state index is 13.4. The first kappa shape index (κ1) is 17.1. The molecule has 5 nitrogen and oxygen atoms in total. The highest BCUT2D eigenvalue weighted by atomic mass is 32.2. The summed E-state index contributed by atoms with van der Waals surface area (Å²) in [4.78, 5) is 4.30. The Morgan fingerprint density at radius 3 is 2.37 bits per heavy atom. The molecule has 2 heterocycles. The topological polar surface area (TPSA) is 72.2 Å². The zero-order valence-electron chi connectivity index (χ0n) is 14.3. The highest BCUT2D eigenvalue weighted by Gasteiger charge is 2.26. The Bertz CT molecular complexity index is 1240. The fourth-order valence-corrected chi connectivity index (χ4v) is 4.74. The van der Waals surface area contributed by atoms with Crippen LogP contribution in [0.25, 0.3) is 28.1 Å². The predicted octanol–water partition coefficient (Wildman–Crippen LogP) is 4.29. The van der Waals surface area contributed by atoms with Gasteiger partial charge in [-0.15, -0.1) is 0 Å². The van der Waals surface area contributed by atoms with Crippen molar-refractivity contribution in [2.45, 2.75) is 4.90 Å². The van der Waals surface area contributed by atoms with Gasteiger partial charge < -0.3 is 5.11 Å². The van der Waals surface area contributed by atoms with E-state index in [0.717, 1.165) is 16.5 Å². The number of hydrogen-bond acceptors (Lipinski definition) is 4. The van der Waals surface area contributed by atoms with Crippen LogP contribution in [-0.4, -0.2) is 22.5 Å². The third-order valence-electron chi connectivity index (χ3n) is 4.39. The van der Waals surface area contributed by atoms with Gasteiger partial charge in [-0.1, -0.05) is 36.9 Å². The number of benzene rings is 2. The molecule has 134 valence electrons. The lowest BCUT2D eigenvalue weighted by Crippen LogP contribution is -2.14. The molecule has 2 aromatic carbocycles. The summed E-state index contributed by atoms with van der Waals surface area (Å²) in [6.07, 6.45) is 4.69. The number of phenols is 1. The van der Waals surface area contributed by atoms with E-state index in [0.29, 0.717) is 11.2 Å². The van der Waals surface area contributed by atoms with Gasteiger partial charge in [0.2, 0.25) is 0 Å². The molecule has 0 bridgehead atoms. The van der Waals surface area contributed by atoms with Gasteiger partial charge in [0.25, 0.3) is 10.0 Å². The fraction of sp³-hybridized carbons (Fsp3) is 0. The number of nitrogens with zero attached hydrogens (tertiary/aromatic N) is 2. The molecule has 0 spiro atoms. The Labute approximate surface area is 156 Å². The molecule has 0 saturated carbocycles. The smallest absolute Gasteiger partial charge is 0.268 e. The highest BCUT2D eigenvalue weighted by Crippen LogP contribution is 2.38. The summed E-state index contributed by atoms with van der Waals surface area (Å²) in [6, 6.07) is 16.7. The molecule has 0 fully saturated rings. The highest BCUT2D eigenvalue weighted by molar-refractivity contribution is 7.90. The molecule has 6 heteroatoms. The molecular weight excluding hydrogens is 360 g/mol. The molecule has 0 aliphatic rings. The van der Waals surface area contributed by atoms with Gasteiger partial charge in [0.05, 0.1) is 22.3 Å². The number of aromatic nitrogens is 2. The minimum absolute atomic E-state index is 0.140. The van der Waals surface area contributed by atoms with E-state index < -0.39 is 10.0 Å². The second kappa shape index (κ2) is 6.41. The lowest BCUT2D eigenvalue weighted by molar-refractivity contribution is 0.475. The van der Waals surface area contributed by atoms with Crippen LogP contribution < -0.4 is 0 Å². The zero-order chi connectivity index (χ0) is 19.0. The summed E-state index contributed by atoms with van der Waals surface area (Å²) < 4.78 is 28.0. The average Bonchev–Trinajstić information content (AvgIpc) is 3.04. The lowest BCUT2D eigenvalue weighted by Gasteiger charge is -2.10. The van der Waals surface area contributed by atoms with Crippen LogP contribution in [0.3, 0.4) is 0 Å². The van der Waals surface area contributed by atoms with Crippen molar-refractivity contribution < 1.29 is 13.5 Å². The minimum atomic E-state index is -3.85. The number of pyridine rings is 1. The van der Waals surface area contributed by atoms with E-state index in [9.17, 15) is 13.5 Å². The van der Waals surface area contributed by atoms with E-state index in [1.807, 2.05) is 0 Å². The van der Waals surface area contributed by atoms with Gasteiger partial charge in [-0.25, -0.2) is 12.4 Å². The van der Waals surface area contributed by atoms with Crippen molar-refractivity contribution in [1.82, 2.24) is 8.96 Å². The maximum Gasteiger partial charge on any atom is 0.268 e. The van der Waals surface area contributed by atoms with Crippen molar-refractivity contribution in [3.05, 3.63) is 85.3 Å². The molecule has 27 heavy (non-hydrogen) atoms. The average molecular weight is 376 g/mol. The predicted molar refractivity (Wildman–Crippen MR) is 106 cm³/mol.